The Kier molecular flexibility index (Phi) is 34.5. The Morgan fingerprint density at radius 1 is 0.426 bits per heavy atom. The number of hydrogen-bond donors (Lipinski definition) is 0. The minimum atomic E-state index is -0.757. The van der Waals surface area contributed by atoms with Crippen molar-refractivity contribution >= 4 is 17.9 Å². The first kappa shape index (κ1) is 45.4. The van der Waals surface area contributed by atoms with E-state index in [2.05, 4.69) is 27.7 Å². The summed E-state index contributed by atoms with van der Waals surface area (Å²) in [6, 6.07) is 0. The summed E-state index contributed by atoms with van der Waals surface area (Å²) in [7, 11) is 0. The quantitative estimate of drug-likeness (QED) is 0.0376. The molecular weight excluding hydrogens is 588 g/mol. The molecule has 2 atom stereocenters. The molecule has 0 rings (SSSR count). The lowest BCUT2D eigenvalue weighted by Crippen LogP contribution is -2.30. The molecule has 278 valence electrons. The zero-order valence-corrected chi connectivity index (χ0v) is 31.7. The monoisotopic (exact) mass is 667 g/mol. The lowest BCUT2D eigenvalue weighted by atomic mass is 10.00. The number of hydrogen-bond acceptors (Lipinski definition) is 6. The molecule has 0 aromatic heterocycles. The van der Waals surface area contributed by atoms with Crippen LogP contribution in [0.5, 0.6) is 0 Å². The van der Waals surface area contributed by atoms with Crippen LogP contribution in [0.4, 0.5) is 0 Å². The smallest absolute Gasteiger partial charge is 0.306 e. The summed E-state index contributed by atoms with van der Waals surface area (Å²) < 4.78 is 16.6. The molecule has 0 saturated heterocycles. The molecule has 1 unspecified atom stereocenters. The SMILES string of the molecule is CCCCCCCCCCCCCCC(=O)OC[C@@H](COC(=O)CCCCCCCCC(C)CC)OC(=O)CCCCCCCCC. The van der Waals surface area contributed by atoms with Crippen molar-refractivity contribution in [1.82, 2.24) is 0 Å². The largest absolute Gasteiger partial charge is 0.462 e. The van der Waals surface area contributed by atoms with Gasteiger partial charge in [-0.1, -0.05) is 182 Å². The highest BCUT2D eigenvalue weighted by Gasteiger charge is 2.19. The van der Waals surface area contributed by atoms with Crippen LogP contribution in [0.2, 0.25) is 0 Å². The van der Waals surface area contributed by atoms with Gasteiger partial charge in [0.05, 0.1) is 0 Å². The zero-order chi connectivity index (χ0) is 34.6. The molecule has 47 heavy (non-hydrogen) atoms. The molecule has 0 aliphatic heterocycles. The molecule has 6 heteroatoms. The fraction of sp³-hybridized carbons (Fsp3) is 0.927. The van der Waals surface area contributed by atoms with E-state index in [4.69, 9.17) is 14.2 Å². The summed E-state index contributed by atoms with van der Waals surface area (Å²) in [5.41, 5.74) is 0. The predicted octanol–water partition coefficient (Wildman–Crippen LogP) is 12.4. The number of carbonyl (C=O) groups excluding carboxylic acids is 3. The molecule has 0 amide bonds. The Hall–Kier alpha value is -1.59. The topological polar surface area (TPSA) is 78.9 Å². The first-order chi connectivity index (χ1) is 22.9. The van der Waals surface area contributed by atoms with Crippen molar-refractivity contribution in [2.75, 3.05) is 13.2 Å². The second-order valence-corrected chi connectivity index (χ2v) is 14.2. The minimum Gasteiger partial charge on any atom is -0.462 e. The molecular formula is C41H78O6. The van der Waals surface area contributed by atoms with E-state index in [1.807, 2.05) is 0 Å². The van der Waals surface area contributed by atoms with Gasteiger partial charge in [0.2, 0.25) is 0 Å². The summed E-state index contributed by atoms with van der Waals surface area (Å²) in [6.45, 7) is 8.90. The van der Waals surface area contributed by atoms with Crippen LogP contribution >= 0.6 is 0 Å². The van der Waals surface area contributed by atoms with E-state index < -0.39 is 6.10 Å². The predicted molar refractivity (Wildman–Crippen MR) is 196 cm³/mol. The van der Waals surface area contributed by atoms with Crippen LogP contribution in [0.3, 0.4) is 0 Å². The molecule has 0 spiro atoms. The highest BCUT2D eigenvalue weighted by molar-refractivity contribution is 5.71. The third kappa shape index (κ3) is 34.1. The standard InChI is InChI=1S/C41H78O6/c1-5-8-10-12-14-15-16-17-18-20-24-28-32-39(42)45-35-38(47-41(44)34-30-26-19-13-11-9-6-2)36-46-40(43)33-29-25-22-21-23-27-31-37(4)7-3/h37-38H,5-36H2,1-4H3/t37?,38-/m0/s1. The van der Waals surface area contributed by atoms with Crippen molar-refractivity contribution < 1.29 is 28.6 Å². The molecule has 6 nitrogen and oxygen atoms in total. The van der Waals surface area contributed by atoms with Crippen molar-refractivity contribution in [3.05, 3.63) is 0 Å². The molecule has 0 aliphatic carbocycles. The first-order valence-corrected chi connectivity index (χ1v) is 20.4. The van der Waals surface area contributed by atoms with Gasteiger partial charge in [0, 0.05) is 19.3 Å². The normalized spacial score (nSPS) is 12.5. The van der Waals surface area contributed by atoms with Gasteiger partial charge in [-0.3, -0.25) is 14.4 Å². The second-order valence-electron chi connectivity index (χ2n) is 14.2. The maximum absolute atomic E-state index is 12.5. The number of esters is 3. The van der Waals surface area contributed by atoms with E-state index in [1.165, 1.54) is 116 Å². The van der Waals surface area contributed by atoms with Gasteiger partial charge in [0.25, 0.3) is 0 Å². The highest BCUT2D eigenvalue weighted by atomic mass is 16.6. The molecule has 0 N–H and O–H groups in total. The number of rotatable bonds is 36. The number of carbonyl (C=O) groups is 3. The summed E-state index contributed by atoms with van der Waals surface area (Å²) in [6.07, 6.45) is 32.4. The maximum atomic E-state index is 12.5. The van der Waals surface area contributed by atoms with Crippen LogP contribution in [0.25, 0.3) is 0 Å². The second kappa shape index (κ2) is 35.7. The molecule has 0 bridgehead atoms. The highest BCUT2D eigenvalue weighted by Crippen LogP contribution is 2.16. The van der Waals surface area contributed by atoms with Gasteiger partial charge in [0.15, 0.2) is 6.10 Å². The van der Waals surface area contributed by atoms with Crippen LogP contribution in [0.1, 0.15) is 220 Å². The van der Waals surface area contributed by atoms with Crippen LogP contribution in [0.15, 0.2) is 0 Å². The van der Waals surface area contributed by atoms with Crippen LogP contribution < -0.4 is 0 Å². The third-order valence-electron chi connectivity index (χ3n) is 9.40. The Balaban J connectivity index is 4.30. The number of unbranched alkanes of at least 4 members (excludes halogenated alkanes) is 22. The Morgan fingerprint density at radius 2 is 0.745 bits per heavy atom. The van der Waals surface area contributed by atoms with Crippen LogP contribution in [-0.4, -0.2) is 37.2 Å². The van der Waals surface area contributed by atoms with Gasteiger partial charge in [-0.2, -0.15) is 0 Å². The van der Waals surface area contributed by atoms with Crippen LogP contribution in [-0.2, 0) is 28.6 Å². The average Bonchev–Trinajstić information content (AvgIpc) is 3.07. The van der Waals surface area contributed by atoms with E-state index in [9.17, 15) is 14.4 Å². The summed E-state index contributed by atoms with van der Waals surface area (Å²) in [5, 5.41) is 0. The minimum absolute atomic E-state index is 0.0657. The lowest BCUT2D eigenvalue weighted by Gasteiger charge is -2.18. The Labute approximate surface area is 291 Å². The Bertz CT molecular complexity index is 708. The van der Waals surface area contributed by atoms with E-state index in [0.717, 1.165) is 63.7 Å². The zero-order valence-electron chi connectivity index (χ0n) is 31.7. The molecule has 0 radical (unpaired) electrons. The third-order valence-corrected chi connectivity index (χ3v) is 9.40. The van der Waals surface area contributed by atoms with Crippen molar-refractivity contribution in [2.45, 2.75) is 226 Å². The Morgan fingerprint density at radius 3 is 1.11 bits per heavy atom. The van der Waals surface area contributed by atoms with Gasteiger partial charge in [-0.05, 0) is 25.2 Å². The molecule has 0 aromatic rings. The van der Waals surface area contributed by atoms with Gasteiger partial charge >= 0.3 is 17.9 Å². The van der Waals surface area contributed by atoms with Crippen molar-refractivity contribution in [2.24, 2.45) is 5.92 Å². The lowest BCUT2D eigenvalue weighted by molar-refractivity contribution is -0.167. The molecule has 0 saturated carbocycles. The molecule has 0 aliphatic rings. The van der Waals surface area contributed by atoms with E-state index >= 15 is 0 Å². The van der Waals surface area contributed by atoms with Crippen molar-refractivity contribution in [3.8, 4) is 0 Å². The molecule has 0 aromatic carbocycles. The fourth-order valence-electron chi connectivity index (χ4n) is 5.89. The van der Waals surface area contributed by atoms with Gasteiger partial charge in [-0.25, -0.2) is 0 Å². The average molecular weight is 667 g/mol. The van der Waals surface area contributed by atoms with Gasteiger partial charge < -0.3 is 14.2 Å². The summed E-state index contributed by atoms with van der Waals surface area (Å²) >= 11 is 0. The fourth-order valence-corrected chi connectivity index (χ4v) is 5.89. The van der Waals surface area contributed by atoms with Crippen molar-refractivity contribution in [1.29, 1.82) is 0 Å². The van der Waals surface area contributed by atoms with Crippen molar-refractivity contribution in [3.63, 3.8) is 0 Å². The summed E-state index contributed by atoms with van der Waals surface area (Å²) in [5.74, 6) is -0.0562. The van der Waals surface area contributed by atoms with E-state index in [0.29, 0.717) is 19.3 Å². The molecule has 0 fully saturated rings. The van der Waals surface area contributed by atoms with Gasteiger partial charge in [0.1, 0.15) is 13.2 Å². The van der Waals surface area contributed by atoms with Gasteiger partial charge in [-0.15, -0.1) is 0 Å². The maximum Gasteiger partial charge on any atom is 0.306 e. The van der Waals surface area contributed by atoms with E-state index in [1.54, 1.807) is 0 Å². The number of ether oxygens (including phenoxy) is 3. The summed E-state index contributed by atoms with van der Waals surface area (Å²) in [4.78, 5) is 37.4. The first-order valence-electron chi connectivity index (χ1n) is 20.4. The van der Waals surface area contributed by atoms with Crippen LogP contribution in [0, 0.1) is 5.92 Å². The molecule has 0 heterocycles. The van der Waals surface area contributed by atoms with E-state index in [-0.39, 0.29) is 31.1 Å².